The van der Waals surface area contributed by atoms with Gasteiger partial charge in [-0.15, -0.1) is 0 Å². The van der Waals surface area contributed by atoms with Gasteiger partial charge < -0.3 is 4.74 Å². The third kappa shape index (κ3) is 2.76. The van der Waals surface area contributed by atoms with Crippen LogP contribution < -0.4 is 16.0 Å². The van der Waals surface area contributed by atoms with Gasteiger partial charge in [-0.05, 0) is 35.4 Å². The molecule has 1 unspecified atom stereocenters. The summed E-state index contributed by atoms with van der Waals surface area (Å²) in [6.45, 7) is 0. The molecule has 0 heterocycles. The molecule has 0 saturated carbocycles. The molecule has 0 bridgehead atoms. The van der Waals surface area contributed by atoms with E-state index in [1.807, 2.05) is 0 Å². The molecule has 0 radical (unpaired) electrons. The van der Waals surface area contributed by atoms with Gasteiger partial charge >= 0.3 is 0 Å². The Bertz CT molecular complexity index is 579. The van der Waals surface area contributed by atoms with Crippen LogP contribution in [0.2, 0.25) is 0 Å². The largest absolute Gasteiger partial charge is 0.497 e. The molecular weight excluding hydrogens is 269 g/mol. The number of hydrogen-bond donors (Lipinski definition) is 2. The maximum Gasteiger partial charge on any atom is 0.194 e. The predicted molar refractivity (Wildman–Crippen MR) is 68.5 cm³/mol. The SMILES string of the molecule is COc1ccc(C(NN)c2cc(F)c(F)c(F)c2)cc1. The van der Waals surface area contributed by atoms with E-state index in [0.29, 0.717) is 11.3 Å². The Morgan fingerprint density at radius 2 is 1.55 bits per heavy atom. The molecule has 0 aliphatic carbocycles. The fraction of sp³-hybridized carbons (Fsp3) is 0.143. The van der Waals surface area contributed by atoms with Gasteiger partial charge in [0.15, 0.2) is 17.5 Å². The van der Waals surface area contributed by atoms with E-state index in [1.165, 1.54) is 7.11 Å². The van der Waals surface area contributed by atoms with Gasteiger partial charge in [0.25, 0.3) is 0 Å². The summed E-state index contributed by atoms with van der Waals surface area (Å²) < 4.78 is 44.5. The number of ether oxygens (including phenoxy) is 1. The van der Waals surface area contributed by atoms with E-state index >= 15 is 0 Å². The fourth-order valence-corrected chi connectivity index (χ4v) is 1.92. The minimum atomic E-state index is -1.50. The molecule has 0 amide bonds. The van der Waals surface area contributed by atoms with Crippen molar-refractivity contribution in [3.63, 3.8) is 0 Å². The zero-order chi connectivity index (χ0) is 14.7. The number of hydrazine groups is 1. The number of benzene rings is 2. The highest BCUT2D eigenvalue weighted by Crippen LogP contribution is 2.26. The summed E-state index contributed by atoms with van der Waals surface area (Å²) in [5.41, 5.74) is 3.30. The summed E-state index contributed by atoms with van der Waals surface area (Å²) in [5.74, 6) is 2.05. The maximum atomic E-state index is 13.3. The lowest BCUT2D eigenvalue weighted by atomic mass is 9.99. The van der Waals surface area contributed by atoms with Crippen LogP contribution in [0.4, 0.5) is 13.2 Å². The summed E-state index contributed by atoms with van der Waals surface area (Å²) in [7, 11) is 1.53. The molecule has 2 rings (SSSR count). The monoisotopic (exact) mass is 282 g/mol. The summed E-state index contributed by atoms with van der Waals surface area (Å²) in [5, 5.41) is 0. The first kappa shape index (κ1) is 14.4. The number of methoxy groups -OCH3 is 1. The van der Waals surface area contributed by atoms with Crippen LogP contribution in [0, 0.1) is 17.5 Å². The van der Waals surface area contributed by atoms with Crippen molar-refractivity contribution in [1.82, 2.24) is 5.43 Å². The van der Waals surface area contributed by atoms with Gasteiger partial charge in [-0.2, -0.15) is 0 Å². The van der Waals surface area contributed by atoms with Crippen LogP contribution in [0.5, 0.6) is 5.75 Å². The number of halogens is 3. The Morgan fingerprint density at radius 3 is 2.00 bits per heavy atom. The smallest absolute Gasteiger partial charge is 0.194 e. The average Bonchev–Trinajstić information content (AvgIpc) is 2.46. The van der Waals surface area contributed by atoms with Crippen molar-refractivity contribution in [3.8, 4) is 5.75 Å². The quantitative estimate of drug-likeness (QED) is 0.515. The van der Waals surface area contributed by atoms with Gasteiger partial charge in [0.1, 0.15) is 5.75 Å². The maximum absolute atomic E-state index is 13.3. The van der Waals surface area contributed by atoms with Crippen LogP contribution in [-0.2, 0) is 0 Å². The Labute approximate surface area is 114 Å². The Morgan fingerprint density at radius 1 is 1.00 bits per heavy atom. The van der Waals surface area contributed by atoms with Crippen LogP contribution in [0.25, 0.3) is 0 Å². The van der Waals surface area contributed by atoms with Crippen LogP contribution in [-0.4, -0.2) is 7.11 Å². The van der Waals surface area contributed by atoms with Gasteiger partial charge in [0.05, 0.1) is 13.2 Å². The predicted octanol–water partition coefficient (Wildman–Crippen LogP) is 2.67. The Balaban J connectivity index is 2.41. The van der Waals surface area contributed by atoms with Crippen molar-refractivity contribution in [1.29, 1.82) is 0 Å². The number of nitrogens with one attached hydrogen (secondary N) is 1. The minimum Gasteiger partial charge on any atom is -0.497 e. The van der Waals surface area contributed by atoms with Crippen molar-refractivity contribution < 1.29 is 17.9 Å². The van der Waals surface area contributed by atoms with E-state index in [1.54, 1.807) is 24.3 Å². The van der Waals surface area contributed by atoms with Gasteiger partial charge in [0.2, 0.25) is 0 Å². The van der Waals surface area contributed by atoms with Crippen LogP contribution in [0.1, 0.15) is 17.2 Å². The first-order valence-corrected chi connectivity index (χ1v) is 5.81. The van der Waals surface area contributed by atoms with Crippen molar-refractivity contribution in [2.24, 2.45) is 5.84 Å². The second-order valence-corrected chi connectivity index (χ2v) is 4.17. The molecule has 0 aromatic heterocycles. The van der Waals surface area contributed by atoms with E-state index in [4.69, 9.17) is 10.6 Å². The fourth-order valence-electron chi connectivity index (χ4n) is 1.92. The second-order valence-electron chi connectivity index (χ2n) is 4.17. The van der Waals surface area contributed by atoms with Crippen molar-refractivity contribution in [2.45, 2.75) is 6.04 Å². The molecule has 6 heteroatoms. The number of hydrogen-bond acceptors (Lipinski definition) is 3. The molecule has 0 fully saturated rings. The Kier molecular flexibility index (Phi) is 4.26. The molecule has 106 valence electrons. The first-order valence-electron chi connectivity index (χ1n) is 5.81. The second kappa shape index (κ2) is 5.94. The molecule has 3 N–H and O–H groups in total. The number of nitrogens with two attached hydrogens (primary N) is 1. The Hall–Kier alpha value is -2.05. The van der Waals surface area contributed by atoms with E-state index in [9.17, 15) is 13.2 Å². The van der Waals surface area contributed by atoms with Crippen LogP contribution in [0.15, 0.2) is 36.4 Å². The summed E-state index contributed by atoms with van der Waals surface area (Å²) in [4.78, 5) is 0. The number of rotatable bonds is 4. The lowest BCUT2D eigenvalue weighted by molar-refractivity contribution is 0.414. The average molecular weight is 282 g/mol. The van der Waals surface area contributed by atoms with Gasteiger partial charge in [0, 0.05) is 0 Å². The lowest BCUT2D eigenvalue weighted by Crippen LogP contribution is -2.29. The molecule has 0 spiro atoms. The van der Waals surface area contributed by atoms with E-state index < -0.39 is 23.5 Å². The third-order valence-corrected chi connectivity index (χ3v) is 2.96. The van der Waals surface area contributed by atoms with E-state index in [-0.39, 0.29) is 5.56 Å². The minimum absolute atomic E-state index is 0.189. The summed E-state index contributed by atoms with van der Waals surface area (Å²) >= 11 is 0. The van der Waals surface area contributed by atoms with E-state index in [0.717, 1.165) is 12.1 Å². The molecule has 0 saturated heterocycles. The third-order valence-electron chi connectivity index (χ3n) is 2.96. The topological polar surface area (TPSA) is 47.3 Å². The molecule has 2 aromatic carbocycles. The summed E-state index contributed by atoms with van der Waals surface area (Å²) in [6, 6.07) is 7.93. The standard InChI is InChI=1S/C14H13F3N2O/c1-20-10-4-2-8(3-5-10)14(19-18)9-6-11(15)13(17)12(16)7-9/h2-7,14,19H,18H2,1H3. The molecule has 1 atom stereocenters. The lowest BCUT2D eigenvalue weighted by Gasteiger charge is -2.17. The molecule has 0 aliphatic heterocycles. The van der Waals surface area contributed by atoms with Crippen LogP contribution >= 0.6 is 0 Å². The van der Waals surface area contributed by atoms with Crippen molar-refractivity contribution in [2.75, 3.05) is 7.11 Å². The van der Waals surface area contributed by atoms with Gasteiger partial charge in [-0.3, -0.25) is 5.84 Å². The summed E-state index contributed by atoms with van der Waals surface area (Å²) in [6.07, 6.45) is 0. The van der Waals surface area contributed by atoms with Gasteiger partial charge in [-0.25, -0.2) is 18.6 Å². The molecule has 2 aromatic rings. The van der Waals surface area contributed by atoms with Crippen molar-refractivity contribution in [3.05, 3.63) is 65.0 Å². The highest BCUT2D eigenvalue weighted by Gasteiger charge is 2.18. The molecular formula is C14H13F3N2O. The van der Waals surface area contributed by atoms with Gasteiger partial charge in [-0.1, -0.05) is 12.1 Å². The molecule has 3 nitrogen and oxygen atoms in total. The molecule has 0 aliphatic rings. The highest BCUT2D eigenvalue weighted by atomic mass is 19.2. The molecule has 20 heavy (non-hydrogen) atoms. The normalized spacial score (nSPS) is 12.2. The highest BCUT2D eigenvalue weighted by molar-refractivity contribution is 5.36. The zero-order valence-corrected chi connectivity index (χ0v) is 10.7. The zero-order valence-electron chi connectivity index (χ0n) is 10.7. The van der Waals surface area contributed by atoms with Crippen LogP contribution in [0.3, 0.4) is 0 Å². The first-order chi connectivity index (χ1) is 9.56. The van der Waals surface area contributed by atoms with Crippen molar-refractivity contribution >= 4 is 0 Å². The van der Waals surface area contributed by atoms with E-state index in [2.05, 4.69) is 5.43 Å².